The summed E-state index contributed by atoms with van der Waals surface area (Å²) in [4.78, 5) is 5.74. The molecule has 0 aliphatic rings. The quantitative estimate of drug-likeness (QED) is 0.829. The second-order valence-electron chi connectivity index (χ2n) is 4.39. The van der Waals surface area contributed by atoms with E-state index in [1.807, 2.05) is 23.9 Å². The third-order valence-corrected chi connectivity index (χ3v) is 4.05. The minimum atomic E-state index is 0.436. The van der Waals surface area contributed by atoms with Crippen molar-refractivity contribution in [1.29, 1.82) is 0 Å². The zero-order valence-electron chi connectivity index (χ0n) is 11.1. The van der Waals surface area contributed by atoms with E-state index < -0.39 is 0 Å². The Morgan fingerprint density at radius 1 is 1.44 bits per heavy atom. The van der Waals surface area contributed by atoms with Crippen LogP contribution in [-0.2, 0) is 6.54 Å². The lowest BCUT2D eigenvalue weighted by Crippen LogP contribution is -2.18. The molecule has 1 unspecified atom stereocenters. The summed E-state index contributed by atoms with van der Waals surface area (Å²) in [6.07, 6.45) is 6.28. The van der Waals surface area contributed by atoms with Crippen LogP contribution in [0, 0.1) is 0 Å². The molecule has 0 spiro atoms. The van der Waals surface area contributed by atoms with Crippen LogP contribution >= 0.6 is 11.3 Å². The van der Waals surface area contributed by atoms with Crippen LogP contribution in [0.15, 0.2) is 30.0 Å². The van der Waals surface area contributed by atoms with Gasteiger partial charge in [0, 0.05) is 17.6 Å². The van der Waals surface area contributed by atoms with Gasteiger partial charge < -0.3 is 9.88 Å². The number of nitrogens with zero attached hydrogens (tertiary/aromatic N) is 2. The first kappa shape index (κ1) is 13.3. The Morgan fingerprint density at radius 2 is 2.33 bits per heavy atom. The average Bonchev–Trinajstić information content (AvgIpc) is 3.04. The van der Waals surface area contributed by atoms with Crippen LogP contribution in [0.3, 0.4) is 0 Å². The van der Waals surface area contributed by atoms with Crippen molar-refractivity contribution in [3.63, 3.8) is 0 Å². The smallest absolute Gasteiger partial charge is 0.0954 e. The molecular weight excluding hydrogens is 242 g/mol. The van der Waals surface area contributed by atoms with E-state index in [1.165, 1.54) is 17.0 Å². The zero-order valence-corrected chi connectivity index (χ0v) is 11.9. The first-order valence-electron chi connectivity index (χ1n) is 6.61. The molecule has 2 aromatic heterocycles. The third kappa shape index (κ3) is 3.00. The van der Waals surface area contributed by atoms with E-state index in [0.29, 0.717) is 6.04 Å². The van der Waals surface area contributed by atoms with Gasteiger partial charge in [0.2, 0.25) is 0 Å². The average molecular weight is 263 g/mol. The third-order valence-electron chi connectivity index (χ3n) is 3.07. The second kappa shape index (κ2) is 6.71. The molecule has 0 saturated heterocycles. The Kier molecular flexibility index (Phi) is 4.96. The molecular formula is C14H21N3S. The Hall–Kier alpha value is -1.13. The fraction of sp³-hybridized carbons (Fsp3) is 0.500. The summed E-state index contributed by atoms with van der Waals surface area (Å²) in [6.45, 7) is 6.25. The largest absolute Gasteiger partial charge is 0.325 e. The van der Waals surface area contributed by atoms with Crippen LogP contribution in [0.5, 0.6) is 0 Å². The maximum atomic E-state index is 4.32. The topological polar surface area (TPSA) is 29.9 Å². The van der Waals surface area contributed by atoms with E-state index in [0.717, 1.165) is 19.5 Å². The van der Waals surface area contributed by atoms with Gasteiger partial charge in [-0.3, -0.25) is 0 Å². The molecule has 2 heterocycles. The molecule has 98 valence electrons. The van der Waals surface area contributed by atoms with Gasteiger partial charge in [-0.25, -0.2) is 4.98 Å². The molecule has 0 aliphatic carbocycles. The molecule has 0 amide bonds. The Bertz CT molecular complexity index is 447. The van der Waals surface area contributed by atoms with E-state index >= 15 is 0 Å². The van der Waals surface area contributed by atoms with E-state index in [1.54, 1.807) is 0 Å². The summed E-state index contributed by atoms with van der Waals surface area (Å²) in [5.41, 5.74) is 1.27. The van der Waals surface area contributed by atoms with E-state index in [4.69, 9.17) is 0 Å². The highest BCUT2D eigenvalue weighted by Gasteiger charge is 2.16. The SMILES string of the molecule is CCCC(c1cccs1)n1cncc1CNCC. The van der Waals surface area contributed by atoms with Gasteiger partial charge in [0.1, 0.15) is 0 Å². The molecule has 1 N–H and O–H groups in total. The fourth-order valence-electron chi connectivity index (χ4n) is 2.18. The predicted molar refractivity (Wildman–Crippen MR) is 77.0 cm³/mol. The number of rotatable bonds is 7. The van der Waals surface area contributed by atoms with Crippen molar-refractivity contribution in [1.82, 2.24) is 14.9 Å². The lowest BCUT2D eigenvalue weighted by atomic mass is 10.1. The lowest BCUT2D eigenvalue weighted by Gasteiger charge is -2.19. The Balaban J connectivity index is 2.23. The summed E-state index contributed by atoms with van der Waals surface area (Å²) >= 11 is 1.83. The van der Waals surface area contributed by atoms with Crippen molar-refractivity contribution in [3.05, 3.63) is 40.6 Å². The molecule has 18 heavy (non-hydrogen) atoms. The van der Waals surface area contributed by atoms with Crippen molar-refractivity contribution < 1.29 is 0 Å². The minimum Gasteiger partial charge on any atom is -0.325 e. The molecule has 0 saturated carbocycles. The van der Waals surface area contributed by atoms with Gasteiger partial charge in [0.25, 0.3) is 0 Å². The van der Waals surface area contributed by atoms with Gasteiger partial charge in [-0.1, -0.05) is 26.3 Å². The van der Waals surface area contributed by atoms with Crippen LogP contribution in [0.1, 0.15) is 43.3 Å². The van der Waals surface area contributed by atoms with Gasteiger partial charge >= 0.3 is 0 Å². The summed E-state index contributed by atoms with van der Waals surface area (Å²) < 4.78 is 2.32. The number of hydrogen-bond acceptors (Lipinski definition) is 3. The maximum Gasteiger partial charge on any atom is 0.0954 e. The maximum absolute atomic E-state index is 4.32. The van der Waals surface area contributed by atoms with Crippen LogP contribution < -0.4 is 5.32 Å². The van der Waals surface area contributed by atoms with Gasteiger partial charge in [0.15, 0.2) is 0 Å². The molecule has 0 aliphatic heterocycles. The molecule has 2 rings (SSSR count). The van der Waals surface area contributed by atoms with Crippen molar-refractivity contribution in [2.45, 2.75) is 39.3 Å². The highest BCUT2D eigenvalue weighted by atomic mass is 32.1. The Labute approximate surface area is 113 Å². The molecule has 4 heteroatoms. The zero-order chi connectivity index (χ0) is 12.8. The molecule has 0 radical (unpaired) electrons. The van der Waals surface area contributed by atoms with Gasteiger partial charge in [-0.15, -0.1) is 11.3 Å². The van der Waals surface area contributed by atoms with Crippen molar-refractivity contribution in [2.24, 2.45) is 0 Å². The summed E-state index contributed by atoms with van der Waals surface area (Å²) in [6, 6.07) is 4.79. The summed E-state index contributed by atoms with van der Waals surface area (Å²) in [5, 5.41) is 5.53. The standard InChI is InChI=1S/C14H21N3S/c1-3-6-13(14-7-5-8-18-14)17-11-16-10-12(17)9-15-4-2/h5,7-8,10-11,13,15H,3-4,6,9H2,1-2H3. The molecule has 0 fully saturated rings. The number of hydrogen-bond donors (Lipinski definition) is 1. The minimum absolute atomic E-state index is 0.436. The van der Waals surface area contributed by atoms with Gasteiger partial charge in [0.05, 0.1) is 18.1 Å². The highest BCUT2D eigenvalue weighted by Crippen LogP contribution is 2.28. The normalized spacial score (nSPS) is 12.8. The second-order valence-corrected chi connectivity index (χ2v) is 5.37. The molecule has 0 bridgehead atoms. The fourth-order valence-corrected chi connectivity index (χ4v) is 3.04. The van der Waals surface area contributed by atoms with Crippen LogP contribution in [0.25, 0.3) is 0 Å². The number of imidazole rings is 1. The molecule has 1 atom stereocenters. The summed E-state index contributed by atoms with van der Waals surface area (Å²) in [7, 11) is 0. The van der Waals surface area contributed by atoms with Gasteiger partial charge in [-0.2, -0.15) is 0 Å². The molecule has 0 aromatic carbocycles. The van der Waals surface area contributed by atoms with E-state index in [2.05, 4.69) is 46.2 Å². The van der Waals surface area contributed by atoms with E-state index in [-0.39, 0.29) is 0 Å². The molecule has 2 aromatic rings. The monoisotopic (exact) mass is 263 g/mol. The lowest BCUT2D eigenvalue weighted by molar-refractivity contribution is 0.513. The molecule has 3 nitrogen and oxygen atoms in total. The van der Waals surface area contributed by atoms with E-state index in [9.17, 15) is 0 Å². The van der Waals surface area contributed by atoms with Crippen molar-refractivity contribution in [2.75, 3.05) is 6.54 Å². The van der Waals surface area contributed by atoms with Crippen LogP contribution in [0.4, 0.5) is 0 Å². The Morgan fingerprint density at radius 3 is 3.00 bits per heavy atom. The first-order valence-corrected chi connectivity index (χ1v) is 7.49. The van der Waals surface area contributed by atoms with Gasteiger partial charge in [-0.05, 0) is 24.4 Å². The highest BCUT2D eigenvalue weighted by molar-refractivity contribution is 7.10. The first-order chi connectivity index (χ1) is 8.86. The summed E-state index contributed by atoms with van der Waals surface area (Å²) in [5.74, 6) is 0. The predicted octanol–water partition coefficient (Wildman–Crippen LogP) is 3.44. The number of thiophene rings is 1. The van der Waals surface area contributed by atoms with Crippen molar-refractivity contribution in [3.8, 4) is 0 Å². The number of aromatic nitrogens is 2. The van der Waals surface area contributed by atoms with Crippen LogP contribution in [0.2, 0.25) is 0 Å². The number of nitrogens with one attached hydrogen (secondary N) is 1. The van der Waals surface area contributed by atoms with Crippen LogP contribution in [-0.4, -0.2) is 16.1 Å². The van der Waals surface area contributed by atoms with Crippen molar-refractivity contribution >= 4 is 11.3 Å².